The minimum atomic E-state index is -0.431. The van der Waals surface area contributed by atoms with E-state index in [4.69, 9.17) is 5.73 Å². The number of aryl methyl sites for hydroxylation is 2. The van der Waals surface area contributed by atoms with Crippen LogP contribution in [0, 0.1) is 6.92 Å². The molecule has 0 aromatic carbocycles. The third kappa shape index (κ3) is 3.07. The number of carbonyl (C=O) groups is 2. The van der Waals surface area contributed by atoms with Crippen LogP contribution in [0.4, 0.5) is 0 Å². The monoisotopic (exact) mass is 293 g/mol. The maximum atomic E-state index is 12.6. The fraction of sp³-hybridized carbons (Fsp3) is 0.643. The molecule has 1 aliphatic rings. The van der Waals surface area contributed by atoms with Crippen molar-refractivity contribution >= 4 is 11.8 Å². The van der Waals surface area contributed by atoms with Gasteiger partial charge in [-0.3, -0.25) is 19.2 Å². The van der Waals surface area contributed by atoms with Gasteiger partial charge in [0.25, 0.3) is 5.91 Å². The number of hydrogen-bond donors (Lipinski definition) is 1. The van der Waals surface area contributed by atoms with Gasteiger partial charge in [-0.25, -0.2) is 0 Å². The molecule has 0 radical (unpaired) electrons. The predicted octanol–water partition coefficient (Wildman–Crippen LogP) is -0.251. The molecule has 0 bridgehead atoms. The minimum Gasteiger partial charge on any atom is -0.368 e. The third-order valence-corrected chi connectivity index (χ3v) is 3.94. The molecule has 2 amide bonds. The van der Waals surface area contributed by atoms with E-state index in [2.05, 4.69) is 5.10 Å². The van der Waals surface area contributed by atoms with Gasteiger partial charge in [-0.2, -0.15) is 5.10 Å². The van der Waals surface area contributed by atoms with Gasteiger partial charge in [0.05, 0.1) is 11.3 Å². The number of aromatic nitrogens is 2. The van der Waals surface area contributed by atoms with Crippen molar-refractivity contribution in [2.45, 2.75) is 32.9 Å². The molecular formula is C14H23N5O2. The van der Waals surface area contributed by atoms with Crippen LogP contribution in [0.15, 0.2) is 6.20 Å². The molecule has 0 aliphatic carbocycles. The van der Waals surface area contributed by atoms with Gasteiger partial charge in [0.15, 0.2) is 0 Å². The number of carbonyl (C=O) groups excluding carboxylic acids is 2. The van der Waals surface area contributed by atoms with Crippen molar-refractivity contribution < 1.29 is 9.59 Å². The van der Waals surface area contributed by atoms with E-state index in [9.17, 15) is 9.59 Å². The van der Waals surface area contributed by atoms with Crippen LogP contribution in [-0.4, -0.2) is 63.1 Å². The molecular weight excluding hydrogens is 270 g/mol. The number of primary amides is 1. The zero-order chi connectivity index (χ0) is 15.7. The molecule has 116 valence electrons. The van der Waals surface area contributed by atoms with Crippen molar-refractivity contribution in [2.75, 3.05) is 19.6 Å². The Morgan fingerprint density at radius 2 is 2.05 bits per heavy atom. The number of amides is 2. The highest BCUT2D eigenvalue weighted by Gasteiger charge is 2.35. The lowest BCUT2D eigenvalue weighted by atomic mass is 10.1. The maximum absolute atomic E-state index is 12.6. The van der Waals surface area contributed by atoms with Crippen molar-refractivity contribution in [1.29, 1.82) is 0 Å². The second-order valence-corrected chi connectivity index (χ2v) is 5.80. The summed E-state index contributed by atoms with van der Waals surface area (Å²) < 4.78 is 1.62. The summed E-state index contributed by atoms with van der Waals surface area (Å²) in [5.74, 6) is -0.473. The first-order valence-electron chi connectivity index (χ1n) is 7.15. The van der Waals surface area contributed by atoms with E-state index in [1.165, 1.54) is 0 Å². The molecule has 0 spiro atoms. The van der Waals surface area contributed by atoms with Gasteiger partial charge in [0.1, 0.15) is 6.04 Å². The Morgan fingerprint density at radius 3 is 2.52 bits per heavy atom. The summed E-state index contributed by atoms with van der Waals surface area (Å²) >= 11 is 0. The normalized spacial score (nSPS) is 20.0. The van der Waals surface area contributed by atoms with E-state index in [-0.39, 0.29) is 17.9 Å². The molecule has 1 aromatic rings. The average Bonchev–Trinajstić information content (AvgIpc) is 2.76. The molecule has 7 nitrogen and oxygen atoms in total. The Balaban J connectivity index is 2.17. The highest BCUT2D eigenvalue weighted by atomic mass is 16.2. The van der Waals surface area contributed by atoms with Crippen LogP contribution in [0.1, 0.15) is 29.9 Å². The maximum Gasteiger partial charge on any atom is 0.257 e. The third-order valence-electron chi connectivity index (χ3n) is 3.94. The van der Waals surface area contributed by atoms with E-state index in [1.54, 1.807) is 22.8 Å². The summed E-state index contributed by atoms with van der Waals surface area (Å²) in [6.45, 7) is 7.44. The Bertz CT molecular complexity index is 552. The first-order valence-corrected chi connectivity index (χ1v) is 7.15. The topological polar surface area (TPSA) is 84.5 Å². The summed E-state index contributed by atoms with van der Waals surface area (Å²) in [5.41, 5.74) is 6.78. The molecule has 1 saturated heterocycles. The second-order valence-electron chi connectivity index (χ2n) is 5.80. The highest BCUT2D eigenvalue weighted by Crippen LogP contribution is 2.17. The summed E-state index contributed by atoms with van der Waals surface area (Å²) in [4.78, 5) is 28.0. The molecule has 7 heteroatoms. The number of rotatable bonds is 3. The number of piperazine rings is 1. The lowest BCUT2D eigenvalue weighted by Gasteiger charge is -2.41. The van der Waals surface area contributed by atoms with Crippen LogP contribution in [0.25, 0.3) is 0 Å². The van der Waals surface area contributed by atoms with Crippen molar-refractivity contribution in [3.05, 3.63) is 17.5 Å². The number of nitrogens with two attached hydrogens (primary N) is 1. The number of hydrogen-bond acceptors (Lipinski definition) is 4. The summed E-state index contributed by atoms with van der Waals surface area (Å²) in [6.07, 6.45) is 1.71. The SMILES string of the molecule is Cc1nn(C)cc1C(=O)N1CCN(C(C)C)[C@@H](C(N)=O)C1. The lowest BCUT2D eigenvalue weighted by molar-refractivity contribution is -0.126. The van der Waals surface area contributed by atoms with Crippen molar-refractivity contribution in [2.24, 2.45) is 12.8 Å². The fourth-order valence-electron chi connectivity index (χ4n) is 2.83. The minimum absolute atomic E-state index is 0.0877. The molecule has 21 heavy (non-hydrogen) atoms. The van der Waals surface area contributed by atoms with Crippen LogP contribution < -0.4 is 5.73 Å². The largest absolute Gasteiger partial charge is 0.368 e. The van der Waals surface area contributed by atoms with E-state index >= 15 is 0 Å². The first-order chi connectivity index (χ1) is 9.81. The van der Waals surface area contributed by atoms with Crippen LogP contribution in [0.5, 0.6) is 0 Å². The van der Waals surface area contributed by atoms with Gasteiger partial charge in [0, 0.05) is 38.9 Å². The molecule has 1 atom stereocenters. The highest BCUT2D eigenvalue weighted by molar-refractivity contribution is 5.95. The molecule has 2 rings (SSSR count). The Hall–Kier alpha value is -1.89. The summed E-state index contributed by atoms with van der Waals surface area (Å²) in [6, 6.07) is -0.209. The van der Waals surface area contributed by atoms with E-state index in [0.29, 0.717) is 30.9 Å². The fourth-order valence-corrected chi connectivity index (χ4v) is 2.83. The molecule has 1 fully saturated rings. The van der Waals surface area contributed by atoms with Crippen molar-refractivity contribution in [1.82, 2.24) is 19.6 Å². The molecule has 0 saturated carbocycles. The van der Waals surface area contributed by atoms with Crippen LogP contribution in [0.3, 0.4) is 0 Å². The first kappa shape index (κ1) is 15.5. The number of nitrogens with zero attached hydrogens (tertiary/aromatic N) is 4. The standard InChI is InChI=1S/C14H23N5O2/c1-9(2)19-6-5-18(8-12(19)13(15)20)14(21)11-7-17(4)16-10(11)3/h7,9,12H,5-6,8H2,1-4H3,(H2,15,20)/t12-/m1/s1. The van der Waals surface area contributed by atoms with Gasteiger partial charge in [0.2, 0.25) is 5.91 Å². The quantitative estimate of drug-likeness (QED) is 0.833. The average molecular weight is 293 g/mol. The lowest BCUT2D eigenvalue weighted by Crippen LogP contribution is -2.61. The zero-order valence-corrected chi connectivity index (χ0v) is 13.0. The second kappa shape index (κ2) is 5.85. The van der Waals surface area contributed by atoms with Gasteiger partial charge in [-0.1, -0.05) is 0 Å². The van der Waals surface area contributed by atoms with E-state index < -0.39 is 6.04 Å². The van der Waals surface area contributed by atoms with Gasteiger partial charge < -0.3 is 10.6 Å². The van der Waals surface area contributed by atoms with Crippen LogP contribution in [-0.2, 0) is 11.8 Å². The molecule has 0 unspecified atom stereocenters. The molecule has 2 heterocycles. The predicted molar refractivity (Wildman–Crippen MR) is 78.7 cm³/mol. The molecule has 2 N–H and O–H groups in total. The zero-order valence-electron chi connectivity index (χ0n) is 13.0. The van der Waals surface area contributed by atoms with Crippen molar-refractivity contribution in [3.8, 4) is 0 Å². The smallest absolute Gasteiger partial charge is 0.257 e. The van der Waals surface area contributed by atoms with Gasteiger partial charge >= 0.3 is 0 Å². The van der Waals surface area contributed by atoms with E-state index in [0.717, 1.165) is 0 Å². The molecule has 1 aliphatic heterocycles. The van der Waals surface area contributed by atoms with Gasteiger partial charge in [-0.15, -0.1) is 0 Å². The Labute approximate surface area is 124 Å². The Kier molecular flexibility index (Phi) is 4.32. The van der Waals surface area contributed by atoms with E-state index in [1.807, 2.05) is 25.7 Å². The summed E-state index contributed by atoms with van der Waals surface area (Å²) in [5, 5.41) is 4.19. The van der Waals surface area contributed by atoms with Gasteiger partial charge in [-0.05, 0) is 20.8 Å². The van der Waals surface area contributed by atoms with Crippen LogP contribution >= 0.6 is 0 Å². The summed E-state index contributed by atoms with van der Waals surface area (Å²) in [7, 11) is 1.78. The van der Waals surface area contributed by atoms with Crippen molar-refractivity contribution in [3.63, 3.8) is 0 Å². The van der Waals surface area contributed by atoms with Crippen LogP contribution in [0.2, 0.25) is 0 Å². The molecule has 1 aromatic heterocycles. The Morgan fingerprint density at radius 1 is 1.38 bits per heavy atom.